The molecule has 7 heteroatoms. The summed E-state index contributed by atoms with van der Waals surface area (Å²) in [7, 11) is 1.78. The number of rotatable bonds is 8. The largest absolute Gasteiger partial charge is 0.349 e. The third kappa shape index (κ3) is 6.54. The Morgan fingerprint density at radius 1 is 1.12 bits per heavy atom. The molecule has 1 aliphatic carbocycles. The van der Waals surface area contributed by atoms with Crippen LogP contribution in [0.15, 0.2) is 24.3 Å². The Morgan fingerprint density at radius 2 is 1.76 bits per heavy atom. The molecule has 3 amide bonds. The monoisotopic (exact) mass is 347 g/mol. The van der Waals surface area contributed by atoms with E-state index >= 15 is 0 Å². The van der Waals surface area contributed by atoms with Crippen molar-refractivity contribution in [1.82, 2.24) is 10.6 Å². The molecule has 4 N–H and O–H groups in total. The molecule has 0 aliphatic heterocycles. The lowest BCUT2D eigenvalue weighted by Gasteiger charge is -2.16. The fourth-order valence-corrected chi connectivity index (χ4v) is 2.46. The molecule has 1 aromatic rings. The van der Waals surface area contributed by atoms with Gasteiger partial charge in [-0.1, -0.05) is 12.1 Å². The molecule has 0 radical (unpaired) electrons. The van der Waals surface area contributed by atoms with Gasteiger partial charge in [0.1, 0.15) is 0 Å². The summed E-state index contributed by atoms with van der Waals surface area (Å²) in [4.78, 5) is 37.0. The van der Waals surface area contributed by atoms with Gasteiger partial charge in [-0.2, -0.15) is 0 Å². The SMILES string of the molecule is CC(C)NC(=O)C[NH+](C)CC(=O)Nc1ccccc1C(=O)NC1CC1. The number of quaternary nitrogens is 1. The van der Waals surface area contributed by atoms with E-state index in [1.165, 1.54) is 0 Å². The molecule has 0 heterocycles. The van der Waals surface area contributed by atoms with E-state index < -0.39 is 0 Å². The minimum atomic E-state index is -0.235. The standard InChI is InChI=1S/C18H26N4O3/c1-12(2)19-16(23)10-22(3)11-17(24)21-15-7-5-4-6-14(15)18(25)20-13-8-9-13/h4-7,12-13H,8-11H2,1-3H3,(H,19,23)(H,20,25)(H,21,24)/p+1. The minimum Gasteiger partial charge on any atom is -0.349 e. The first-order valence-corrected chi connectivity index (χ1v) is 8.65. The molecule has 136 valence electrons. The topological polar surface area (TPSA) is 91.7 Å². The number of nitrogens with one attached hydrogen (secondary N) is 4. The first-order valence-electron chi connectivity index (χ1n) is 8.65. The van der Waals surface area contributed by atoms with Gasteiger partial charge in [0.05, 0.1) is 18.3 Å². The average Bonchev–Trinajstić information content (AvgIpc) is 3.30. The molecule has 1 aromatic carbocycles. The number of carbonyl (C=O) groups excluding carboxylic acids is 3. The van der Waals surface area contributed by atoms with Crippen molar-refractivity contribution < 1.29 is 19.3 Å². The lowest BCUT2D eigenvalue weighted by Crippen LogP contribution is -3.11. The van der Waals surface area contributed by atoms with Crippen LogP contribution < -0.4 is 20.9 Å². The third-order valence-electron chi connectivity index (χ3n) is 3.73. The van der Waals surface area contributed by atoms with Gasteiger partial charge in [-0.25, -0.2) is 0 Å². The zero-order valence-electron chi connectivity index (χ0n) is 15.0. The van der Waals surface area contributed by atoms with Crippen molar-refractivity contribution in [2.75, 3.05) is 25.5 Å². The number of hydrogen-bond donors (Lipinski definition) is 4. The summed E-state index contributed by atoms with van der Waals surface area (Å²) < 4.78 is 0. The van der Waals surface area contributed by atoms with Crippen LogP contribution in [0.2, 0.25) is 0 Å². The van der Waals surface area contributed by atoms with Crippen molar-refractivity contribution in [2.24, 2.45) is 0 Å². The second-order valence-electron chi connectivity index (χ2n) is 6.87. The second-order valence-corrected chi connectivity index (χ2v) is 6.87. The van der Waals surface area contributed by atoms with Crippen LogP contribution in [-0.4, -0.2) is 49.9 Å². The molecular weight excluding hydrogens is 320 g/mol. The van der Waals surface area contributed by atoms with Crippen molar-refractivity contribution in [1.29, 1.82) is 0 Å². The quantitative estimate of drug-likeness (QED) is 0.514. The number of anilines is 1. The Hall–Kier alpha value is -2.41. The first kappa shape index (κ1) is 18.9. The van der Waals surface area contributed by atoms with Gasteiger partial charge in [0, 0.05) is 12.1 Å². The Labute approximate surface area is 148 Å². The van der Waals surface area contributed by atoms with E-state index in [2.05, 4.69) is 16.0 Å². The van der Waals surface area contributed by atoms with Crippen LogP contribution in [0, 0.1) is 0 Å². The average molecular weight is 347 g/mol. The van der Waals surface area contributed by atoms with Crippen LogP contribution in [0.1, 0.15) is 37.0 Å². The highest BCUT2D eigenvalue weighted by atomic mass is 16.2. The van der Waals surface area contributed by atoms with Gasteiger partial charge in [0.25, 0.3) is 17.7 Å². The van der Waals surface area contributed by atoms with E-state index in [1.807, 2.05) is 13.8 Å². The van der Waals surface area contributed by atoms with Crippen LogP contribution in [0.5, 0.6) is 0 Å². The Kier molecular flexibility index (Phi) is 6.52. The molecule has 1 unspecified atom stereocenters. The highest BCUT2D eigenvalue weighted by molar-refractivity contribution is 6.04. The number of para-hydroxylation sites is 1. The minimum absolute atomic E-state index is 0.0750. The number of likely N-dealkylation sites (N-methyl/N-ethyl adjacent to an activating group) is 1. The summed E-state index contributed by atoms with van der Waals surface area (Å²) in [6.07, 6.45) is 2.01. The predicted molar refractivity (Wildman–Crippen MR) is 95.5 cm³/mol. The Balaban J connectivity index is 1.89. The third-order valence-corrected chi connectivity index (χ3v) is 3.73. The second kappa shape index (κ2) is 8.62. The molecule has 0 saturated heterocycles. The normalized spacial score (nSPS) is 14.7. The van der Waals surface area contributed by atoms with Crippen molar-refractivity contribution in [3.05, 3.63) is 29.8 Å². The number of carbonyl (C=O) groups is 3. The highest BCUT2D eigenvalue weighted by Crippen LogP contribution is 2.21. The van der Waals surface area contributed by atoms with Crippen LogP contribution in [0.25, 0.3) is 0 Å². The summed E-state index contributed by atoms with van der Waals surface area (Å²) in [6, 6.07) is 7.28. The summed E-state index contributed by atoms with van der Waals surface area (Å²) >= 11 is 0. The first-order chi connectivity index (χ1) is 11.8. The van der Waals surface area contributed by atoms with E-state index in [9.17, 15) is 14.4 Å². The molecule has 1 fully saturated rings. The van der Waals surface area contributed by atoms with Crippen LogP contribution in [0.3, 0.4) is 0 Å². The molecule has 0 spiro atoms. The maximum absolute atomic E-state index is 12.2. The molecule has 0 aromatic heterocycles. The van der Waals surface area contributed by atoms with Crippen molar-refractivity contribution in [2.45, 2.75) is 38.8 Å². The van der Waals surface area contributed by atoms with Crippen LogP contribution >= 0.6 is 0 Å². The van der Waals surface area contributed by atoms with Crippen molar-refractivity contribution >= 4 is 23.4 Å². The molecule has 2 rings (SSSR count). The van der Waals surface area contributed by atoms with Crippen molar-refractivity contribution in [3.8, 4) is 0 Å². The molecule has 0 bridgehead atoms. The Bertz CT molecular complexity index is 641. The molecule has 25 heavy (non-hydrogen) atoms. The van der Waals surface area contributed by atoms with E-state index in [0.717, 1.165) is 17.7 Å². The van der Waals surface area contributed by atoms with Crippen LogP contribution in [0.4, 0.5) is 5.69 Å². The maximum atomic E-state index is 12.2. The van der Waals surface area contributed by atoms with Crippen molar-refractivity contribution in [3.63, 3.8) is 0 Å². The molecule has 1 atom stereocenters. The Morgan fingerprint density at radius 3 is 2.40 bits per heavy atom. The smallest absolute Gasteiger partial charge is 0.279 e. The van der Waals surface area contributed by atoms with E-state index in [1.54, 1.807) is 31.3 Å². The fourth-order valence-electron chi connectivity index (χ4n) is 2.46. The number of benzene rings is 1. The van der Waals surface area contributed by atoms with Gasteiger partial charge in [-0.3, -0.25) is 14.4 Å². The van der Waals surface area contributed by atoms with E-state index in [4.69, 9.17) is 0 Å². The van der Waals surface area contributed by atoms with E-state index in [0.29, 0.717) is 11.3 Å². The zero-order valence-corrected chi connectivity index (χ0v) is 15.0. The number of amides is 3. The summed E-state index contributed by atoms with van der Waals surface area (Å²) in [5.41, 5.74) is 0.947. The summed E-state index contributed by atoms with van der Waals surface area (Å²) in [5, 5.41) is 8.50. The van der Waals surface area contributed by atoms with Gasteiger partial charge in [0.15, 0.2) is 13.1 Å². The molecule has 1 aliphatic rings. The zero-order chi connectivity index (χ0) is 18.4. The molecule has 7 nitrogen and oxygen atoms in total. The van der Waals surface area contributed by atoms with Crippen LogP contribution in [-0.2, 0) is 9.59 Å². The van der Waals surface area contributed by atoms with Gasteiger partial charge < -0.3 is 20.9 Å². The summed E-state index contributed by atoms with van der Waals surface area (Å²) in [6.45, 7) is 4.15. The van der Waals surface area contributed by atoms with Gasteiger partial charge in [-0.05, 0) is 38.8 Å². The van der Waals surface area contributed by atoms with Gasteiger partial charge >= 0.3 is 0 Å². The van der Waals surface area contributed by atoms with Gasteiger partial charge in [0.2, 0.25) is 0 Å². The fraction of sp³-hybridized carbons (Fsp3) is 0.500. The lowest BCUT2D eigenvalue weighted by atomic mass is 10.1. The van der Waals surface area contributed by atoms with Gasteiger partial charge in [-0.15, -0.1) is 0 Å². The lowest BCUT2D eigenvalue weighted by molar-refractivity contribution is -0.862. The number of hydrogen-bond acceptors (Lipinski definition) is 3. The molecular formula is C18H27N4O3+. The molecule has 1 saturated carbocycles. The van der Waals surface area contributed by atoms with E-state index in [-0.39, 0.29) is 42.9 Å². The highest BCUT2D eigenvalue weighted by Gasteiger charge is 2.25. The predicted octanol–water partition coefficient (Wildman–Crippen LogP) is -0.443. The summed E-state index contributed by atoms with van der Waals surface area (Å²) in [5.74, 6) is -0.499. The maximum Gasteiger partial charge on any atom is 0.279 e.